The van der Waals surface area contributed by atoms with Gasteiger partial charge in [0.15, 0.2) is 5.78 Å². The molecule has 0 bridgehead atoms. The van der Waals surface area contributed by atoms with Crippen molar-refractivity contribution in [1.29, 1.82) is 0 Å². The summed E-state index contributed by atoms with van der Waals surface area (Å²) < 4.78 is 12.2. The highest BCUT2D eigenvalue weighted by Crippen LogP contribution is 2.32. The number of benzene rings is 2. The van der Waals surface area contributed by atoms with E-state index in [4.69, 9.17) is 15.2 Å². The third kappa shape index (κ3) is 13.9. The van der Waals surface area contributed by atoms with Crippen LogP contribution in [-0.4, -0.2) is 116 Å². The van der Waals surface area contributed by atoms with Gasteiger partial charge in [0.25, 0.3) is 0 Å². The third-order valence-electron chi connectivity index (χ3n) is 13.3. The molecule has 12 heteroatoms. The first-order chi connectivity index (χ1) is 28.9. The number of nitrogen functional groups attached to an aromatic ring is 1. The molecule has 1 saturated heterocycles. The number of hydrogen-bond donors (Lipinski definition) is 2. The smallest absolute Gasteiger partial charge is 0.228 e. The quantitative estimate of drug-likeness (QED) is 0.0993. The Kier molecular flexibility index (Phi) is 20.6. The van der Waals surface area contributed by atoms with Gasteiger partial charge in [-0.15, -0.1) is 0 Å². The lowest BCUT2D eigenvalue weighted by Gasteiger charge is -2.41. The molecule has 2 aromatic carbocycles. The first kappa shape index (κ1) is 51.2. The number of likely N-dealkylation sites (N-methyl/N-ethyl adjacent to an activating group) is 2. The first-order valence-electron chi connectivity index (χ1n) is 22.4. The zero-order chi connectivity index (χ0) is 45.6. The Hall–Kier alpha value is -4.13. The minimum absolute atomic E-state index is 0.00337. The Bertz CT molecular complexity index is 1690. The fourth-order valence-electron chi connectivity index (χ4n) is 9.41. The second-order valence-electron chi connectivity index (χ2n) is 18.1. The van der Waals surface area contributed by atoms with Gasteiger partial charge in [-0.1, -0.05) is 91.6 Å². The van der Waals surface area contributed by atoms with Gasteiger partial charge in [0, 0.05) is 69.8 Å². The highest BCUT2D eigenvalue weighted by Gasteiger charge is 2.43. The number of ketones is 2. The molecule has 1 aliphatic heterocycles. The van der Waals surface area contributed by atoms with Crippen LogP contribution >= 0.6 is 0 Å². The molecule has 0 unspecified atom stereocenters. The maximum Gasteiger partial charge on any atom is 0.228 e. The average molecular weight is 848 g/mol. The lowest BCUT2D eigenvalue weighted by atomic mass is 9.82. The van der Waals surface area contributed by atoms with E-state index in [1.54, 1.807) is 50.4 Å². The fraction of sp³-hybridized carbons (Fsp3) is 0.653. The molecular weight excluding hydrogens is 771 g/mol. The number of amides is 3. The topological polar surface area (TPSA) is 152 Å². The first-order valence-corrected chi connectivity index (χ1v) is 22.4. The number of carbonyl (C=O) groups excluding carboxylic acids is 5. The summed E-state index contributed by atoms with van der Waals surface area (Å²) in [5.41, 5.74) is 7.98. The van der Waals surface area contributed by atoms with Crippen LogP contribution in [0.15, 0.2) is 54.6 Å². The van der Waals surface area contributed by atoms with Crippen LogP contribution in [0.5, 0.6) is 0 Å². The summed E-state index contributed by atoms with van der Waals surface area (Å²) in [5.74, 6) is -2.26. The Labute approximate surface area is 366 Å². The average Bonchev–Trinajstić information content (AvgIpc) is 3.72. The predicted octanol–water partition coefficient (Wildman–Crippen LogP) is 7.15. The monoisotopic (exact) mass is 848 g/mol. The molecule has 3 amide bonds. The Morgan fingerprint density at radius 2 is 1.44 bits per heavy atom. The second kappa shape index (κ2) is 24.5. The third-order valence-corrected chi connectivity index (χ3v) is 13.3. The number of likely N-dealkylation sites (tertiary alicyclic amines) is 1. The molecule has 1 heterocycles. The minimum atomic E-state index is -0.643. The molecular formula is C49H77N5O7. The molecule has 1 aliphatic rings. The molecule has 61 heavy (non-hydrogen) atoms. The van der Waals surface area contributed by atoms with Crippen LogP contribution < -0.4 is 11.1 Å². The number of carbonyl (C=O) groups is 5. The van der Waals surface area contributed by atoms with E-state index >= 15 is 0 Å². The van der Waals surface area contributed by atoms with E-state index < -0.39 is 36.0 Å². The lowest BCUT2D eigenvalue weighted by Crippen LogP contribution is -2.54. The van der Waals surface area contributed by atoms with Gasteiger partial charge >= 0.3 is 0 Å². The van der Waals surface area contributed by atoms with Crippen LogP contribution in [0.1, 0.15) is 99.0 Å². The number of nitrogens with zero attached hydrogens (tertiary/aromatic N) is 3. The van der Waals surface area contributed by atoms with Gasteiger partial charge in [0.2, 0.25) is 17.7 Å². The molecule has 10 atom stereocenters. The molecule has 3 rings (SSSR count). The number of Topliss-reactive ketones (excluding diaryl/α,β-unsaturated/α-hetero) is 2. The summed E-state index contributed by atoms with van der Waals surface area (Å²) in [6, 6.07) is 15.5. The summed E-state index contributed by atoms with van der Waals surface area (Å²) in [6.45, 7) is 14.6. The van der Waals surface area contributed by atoms with Crippen LogP contribution in [0.3, 0.4) is 0 Å². The lowest BCUT2D eigenvalue weighted by molar-refractivity contribution is -0.149. The normalized spacial score (nSPS) is 18.7. The Morgan fingerprint density at radius 3 is 1.98 bits per heavy atom. The van der Waals surface area contributed by atoms with Crippen molar-refractivity contribution in [2.45, 2.75) is 130 Å². The van der Waals surface area contributed by atoms with Crippen molar-refractivity contribution in [3.05, 3.63) is 60.2 Å². The standard InChI is InChI=1S/C49H77N5O7/c1-13-32(5)39(29-42(56)45(31(3)4)52(8)9)49(59)53(10)46(33(6)14-2)43(60-11)30-44(57)54-26-18-21-40(54)47(61-12)34(7)41(55)28-36(27-35-19-16-15-17-20-35)48(58)51-38-24-22-37(50)23-25-38/h15-17,19-20,22-25,31-34,36,39-40,43,45-47H,13-14,18,21,26-30,50H2,1-12H3,(H,51,58)/t32-,33-,34-,36+,39-,40-,43+,45-,46-,47+/m0/s1. The van der Waals surface area contributed by atoms with E-state index in [0.29, 0.717) is 30.8 Å². The molecule has 0 radical (unpaired) electrons. The molecule has 0 spiro atoms. The molecule has 340 valence electrons. The van der Waals surface area contributed by atoms with Gasteiger partial charge in [-0.05, 0) is 80.9 Å². The van der Waals surface area contributed by atoms with Gasteiger partial charge in [0.1, 0.15) is 5.78 Å². The molecule has 0 aliphatic carbocycles. The van der Waals surface area contributed by atoms with E-state index in [-0.39, 0.29) is 78.4 Å². The van der Waals surface area contributed by atoms with E-state index in [2.05, 4.69) is 19.2 Å². The van der Waals surface area contributed by atoms with Crippen molar-refractivity contribution in [3.63, 3.8) is 0 Å². The van der Waals surface area contributed by atoms with Crippen LogP contribution in [0, 0.1) is 35.5 Å². The van der Waals surface area contributed by atoms with Crippen molar-refractivity contribution in [1.82, 2.24) is 14.7 Å². The zero-order valence-electron chi connectivity index (χ0n) is 39.2. The highest BCUT2D eigenvalue weighted by atomic mass is 16.5. The Balaban J connectivity index is 1.82. The molecule has 2 aromatic rings. The number of ether oxygens (including phenoxy) is 2. The van der Waals surface area contributed by atoms with E-state index in [1.807, 2.05) is 88.8 Å². The van der Waals surface area contributed by atoms with Gasteiger partial charge in [-0.2, -0.15) is 0 Å². The van der Waals surface area contributed by atoms with Crippen LogP contribution in [0.2, 0.25) is 0 Å². The van der Waals surface area contributed by atoms with E-state index in [1.165, 1.54) is 0 Å². The minimum Gasteiger partial charge on any atom is -0.399 e. The van der Waals surface area contributed by atoms with E-state index in [9.17, 15) is 24.0 Å². The van der Waals surface area contributed by atoms with Crippen LogP contribution in [0.25, 0.3) is 0 Å². The number of nitrogens with two attached hydrogens (primary N) is 1. The van der Waals surface area contributed by atoms with Gasteiger partial charge in [-0.3, -0.25) is 28.9 Å². The molecule has 3 N–H and O–H groups in total. The molecule has 1 fully saturated rings. The van der Waals surface area contributed by atoms with Crippen molar-refractivity contribution < 1.29 is 33.4 Å². The fourth-order valence-corrected chi connectivity index (χ4v) is 9.41. The zero-order valence-corrected chi connectivity index (χ0v) is 39.2. The summed E-state index contributed by atoms with van der Waals surface area (Å²) in [5, 5.41) is 2.96. The number of methoxy groups -OCH3 is 2. The molecule has 0 saturated carbocycles. The number of rotatable bonds is 25. The summed E-state index contributed by atoms with van der Waals surface area (Å²) in [6.07, 6.45) is 2.24. The molecule has 0 aromatic heterocycles. The molecule has 12 nitrogen and oxygen atoms in total. The van der Waals surface area contributed by atoms with Crippen LogP contribution in [0.4, 0.5) is 11.4 Å². The Morgan fingerprint density at radius 1 is 0.820 bits per heavy atom. The van der Waals surface area contributed by atoms with Crippen molar-refractivity contribution >= 4 is 40.7 Å². The summed E-state index contributed by atoms with van der Waals surface area (Å²) >= 11 is 0. The SMILES string of the molecule is CC[C@H](C)[C@@H]([C@@H](CC(=O)N1CCC[C@H]1[C@H](OC)[C@@H](C)C(=O)C[C@@H](Cc1ccccc1)C(=O)Nc1ccc(N)cc1)OC)N(C)C(=O)[C@@H](CC(=O)[C@H](C(C)C)N(C)C)[C@@H](C)CC. The number of hydrogen-bond acceptors (Lipinski definition) is 9. The summed E-state index contributed by atoms with van der Waals surface area (Å²) in [4.78, 5) is 76.1. The van der Waals surface area contributed by atoms with Gasteiger partial charge < -0.3 is 30.3 Å². The maximum atomic E-state index is 14.5. The number of nitrogens with one attached hydrogen (secondary N) is 1. The predicted molar refractivity (Wildman–Crippen MR) is 244 cm³/mol. The number of anilines is 2. The van der Waals surface area contributed by atoms with E-state index in [0.717, 1.165) is 24.8 Å². The van der Waals surface area contributed by atoms with Crippen molar-refractivity contribution in [2.75, 3.05) is 53.0 Å². The summed E-state index contributed by atoms with van der Waals surface area (Å²) in [7, 11) is 8.75. The van der Waals surface area contributed by atoms with Gasteiger partial charge in [0.05, 0.1) is 36.8 Å². The van der Waals surface area contributed by atoms with Gasteiger partial charge in [-0.25, -0.2) is 0 Å². The maximum absolute atomic E-state index is 14.5. The second-order valence-corrected chi connectivity index (χ2v) is 18.1. The van der Waals surface area contributed by atoms with Crippen molar-refractivity contribution in [2.24, 2.45) is 35.5 Å². The van der Waals surface area contributed by atoms with Crippen molar-refractivity contribution in [3.8, 4) is 0 Å². The largest absolute Gasteiger partial charge is 0.399 e. The highest BCUT2D eigenvalue weighted by molar-refractivity contribution is 5.96. The van der Waals surface area contributed by atoms with Crippen LogP contribution in [-0.2, 0) is 39.9 Å².